The zero-order chi connectivity index (χ0) is 12.8. The Bertz CT molecular complexity index is 561. The van der Waals surface area contributed by atoms with E-state index in [1.165, 1.54) is 11.9 Å². The Morgan fingerprint density at radius 3 is 2.61 bits per heavy atom. The fourth-order valence-electron chi connectivity index (χ4n) is 1.76. The van der Waals surface area contributed by atoms with Gasteiger partial charge in [-0.15, -0.1) is 0 Å². The predicted octanol–water partition coefficient (Wildman–Crippen LogP) is 2.66. The number of halogens is 1. The van der Waals surface area contributed by atoms with Gasteiger partial charge in [0.1, 0.15) is 12.4 Å². The Balaban J connectivity index is 1.97. The molecule has 0 fully saturated rings. The molecule has 2 rings (SSSR count). The van der Waals surface area contributed by atoms with E-state index in [2.05, 4.69) is 9.97 Å². The molecule has 90 valence electrons. The van der Waals surface area contributed by atoms with Crippen LogP contribution in [0.15, 0.2) is 36.7 Å². The van der Waals surface area contributed by atoms with E-state index in [0.29, 0.717) is 12.1 Å². The second-order valence-corrected chi connectivity index (χ2v) is 3.93. The number of benzene rings is 1. The highest BCUT2D eigenvalue weighted by molar-refractivity contribution is 5.24. The van der Waals surface area contributed by atoms with E-state index in [4.69, 9.17) is 5.26 Å². The number of nitrogens with zero attached hydrogens (tertiary/aromatic N) is 3. The fourth-order valence-corrected chi connectivity index (χ4v) is 1.76. The summed E-state index contributed by atoms with van der Waals surface area (Å²) in [5.74, 6) is -0.590. The van der Waals surface area contributed by atoms with Crippen molar-refractivity contribution in [2.45, 2.75) is 19.3 Å². The van der Waals surface area contributed by atoms with Crippen molar-refractivity contribution in [3.63, 3.8) is 0 Å². The van der Waals surface area contributed by atoms with Gasteiger partial charge in [-0.2, -0.15) is 5.26 Å². The summed E-state index contributed by atoms with van der Waals surface area (Å²) >= 11 is 0. The Hall–Kier alpha value is -2.28. The van der Waals surface area contributed by atoms with E-state index < -0.39 is 5.82 Å². The van der Waals surface area contributed by atoms with Crippen LogP contribution < -0.4 is 0 Å². The van der Waals surface area contributed by atoms with Crippen molar-refractivity contribution in [3.8, 4) is 6.07 Å². The molecule has 1 heterocycles. The molecule has 18 heavy (non-hydrogen) atoms. The highest BCUT2D eigenvalue weighted by Gasteiger charge is 2.09. The lowest BCUT2D eigenvalue weighted by molar-refractivity contribution is 0.579. The minimum absolute atomic E-state index is 0.181. The van der Waals surface area contributed by atoms with E-state index in [1.54, 1.807) is 6.07 Å². The molecule has 0 N–H and O–H groups in total. The summed E-state index contributed by atoms with van der Waals surface area (Å²) in [6, 6.07) is 11.7. The van der Waals surface area contributed by atoms with Crippen molar-refractivity contribution in [3.05, 3.63) is 59.4 Å². The second kappa shape index (κ2) is 5.87. The smallest absolute Gasteiger partial charge is 0.181 e. The Labute approximate surface area is 105 Å². The molecule has 0 unspecified atom stereocenters. The first kappa shape index (κ1) is 12.2. The van der Waals surface area contributed by atoms with Gasteiger partial charge in [0, 0.05) is 0 Å². The summed E-state index contributed by atoms with van der Waals surface area (Å²) in [6.07, 6.45) is 3.41. The monoisotopic (exact) mass is 241 g/mol. The Morgan fingerprint density at radius 1 is 1.11 bits per heavy atom. The summed E-state index contributed by atoms with van der Waals surface area (Å²) in [5, 5.41) is 8.67. The molecular weight excluding hydrogens is 229 g/mol. The van der Waals surface area contributed by atoms with Crippen LogP contribution in [0.3, 0.4) is 0 Å². The summed E-state index contributed by atoms with van der Waals surface area (Å²) < 4.78 is 13.7. The molecule has 0 amide bonds. The SMILES string of the molecule is N#Cc1ncnc(CCCc2ccccc2)c1F. The van der Waals surface area contributed by atoms with Gasteiger partial charge in [0.15, 0.2) is 11.5 Å². The highest BCUT2D eigenvalue weighted by atomic mass is 19.1. The fraction of sp³-hybridized carbons (Fsp3) is 0.214. The van der Waals surface area contributed by atoms with Gasteiger partial charge in [-0.1, -0.05) is 30.3 Å². The summed E-state index contributed by atoms with van der Waals surface area (Å²) in [7, 11) is 0. The van der Waals surface area contributed by atoms with Gasteiger partial charge in [-0.25, -0.2) is 14.4 Å². The van der Waals surface area contributed by atoms with Crippen LogP contribution in [0.2, 0.25) is 0 Å². The Kier molecular flexibility index (Phi) is 3.98. The maximum atomic E-state index is 13.7. The van der Waals surface area contributed by atoms with Crippen molar-refractivity contribution in [2.75, 3.05) is 0 Å². The first-order valence-electron chi connectivity index (χ1n) is 5.74. The molecule has 0 saturated carbocycles. The van der Waals surface area contributed by atoms with Crippen LogP contribution in [0.25, 0.3) is 0 Å². The molecular formula is C14H12FN3. The van der Waals surface area contributed by atoms with E-state index >= 15 is 0 Å². The molecule has 0 saturated heterocycles. The van der Waals surface area contributed by atoms with Crippen molar-refractivity contribution < 1.29 is 4.39 Å². The zero-order valence-corrected chi connectivity index (χ0v) is 9.81. The first-order valence-corrected chi connectivity index (χ1v) is 5.74. The lowest BCUT2D eigenvalue weighted by Crippen LogP contribution is -2.01. The normalized spacial score (nSPS) is 10.0. The van der Waals surface area contributed by atoms with Crippen molar-refractivity contribution in [2.24, 2.45) is 0 Å². The molecule has 1 aromatic carbocycles. The minimum atomic E-state index is -0.590. The topological polar surface area (TPSA) is 49.6 Å². The third kappa shape index (κ3) is 2.89. The predicted molar refractivity (Wildman–Crippen MR) is 65.2 cm³/mol. The summed E-state index contributed by atoms with van der Waals surface area (Å²) in [6.45, 7) is 0. The van der Waals surface area contributed by atoms with Gasteiger partial charge < -0.3 is 0 Å². The van der Waals surface area contributed by atoms with Crippen LogP contribution >= 0.6 is 0 Å². The standard InChI is InChI=1S/C14H12FN3/c15-14-12(17-10-18-13(14)9-16)8-4-7-11-5-2-1-3-6-11/h1-3,5-6,10H,4,7-8H2. The number of nitriles is 1. The second-order valence-electron chi connectivity index (χ2n) is 3.93. The van der Waals surface area contributed by atoms with Crippen molar-refractivity contribution >= 4 is 0 Å². The van der Waals surface area contributed by atoms with Crippen LogP contribution in [0.1, 0.15) is 23.4 Å². The van der Waals surface area contributed by atoms with Crippen LogP contribution in [0.5, 0.6) is 0 Å². The number of hydrogen-bond donors (Lipinski definition) is 0. The molecule has 0 bridgehead atoms. The van der Waals surface area contributed by atoms with Crippen LogP contribution in [0, 0.1) is 17.1 Å². The van der Waals surface area contributed by atoms with Gasteiger partial charge in [0.05, 0.1) is 5.69 Å². The van der Waals surface area contributed by atoms with E-state index in [1.807, 2.05) is 30.3 Å². The average molecular weight is 241 g/mol. The third-order valence-electron chi connectivity index (χ3n) is 2.69. The van der Waals surface area contributed by atoms with Gasteiger partial charge in [-0.05, 0) is 24.8 Å². The molecule has 0 aliphatic rings. The van der Waals surface area contributed by atoms with Crippen LogP contribution in [-0.4, -0.2) is 9.97 Å². The van der Waals surface area contributed by atoms with Gasteiger partial charge in [0.2, 0.25) is 0 Å². The molecule has 0 aliphatic carbocycles. The zero-order valence-electron chi connectivity index (χ0n) is 9.81. The lowest BCUT2D eigenvalue weighted by Gasteiger charge is -2.03. The maximum Gasteiger partial charge on any atom is 0.181 e. The number of aromatic nitrogens is 2. The number of aryl methyl sites for hydroxylation is 2. The quantitative estimate of drug-likeness (QED) is 0.826. The molecule has 2 aromatic rings. The van der Waals surface area contributed by atoms with Gasteiger partial charge in [-0.3, -0.25) is 0 Å². The summed E-state index contributed by atoms with van der Waals surface area (Å²) in [4.78, 5) is 7.46. The molecule has 0 aliphatic heterocycles. The number of hydrogen-bond acceptors (Lipinski definition) is 3. The van der Waals surface area contributed by atoms with Crippen LogP contribution in [-0.2, 0) is 12.8 Å². The van der Waals surface area contributed by atoms with E-state index in [-0.39, 0.29) is 5.69 Å². The molecule has 0 spiro atoms. The maximum absolute atomic E-state index is 13.7. The molecule has 0 radical (unpaired) electrons. The Morgan fingerprint density at radius 2 is 1.89 bits per heavy atom. The minimum Gasteiger partial charge on any atom is -0.238 e. The largest absolute Gasteiger partial charge is 0.238 e. The first-order chi connectivity index (χ1) is 8.81. The summed E-state index contributed by atoms with van der Waals surface area (Å²) in [5.41, 5.74) is 1.35. The molecule has 3 nitrogen and oxygen atoms in total. The van der Waals surface area contributed by atoms with Gasteiger partial charge >= 0.3 is 0 Å². The molecule has 0 atom stereocenters. The molecule has 1 aromatic heterocycles. The lowest BCUT2D eigenvalue weighted by atomic mass is 10.1. The van der Waals surface area contributed by atoms with Crippen molar-refractivity contribution in [1.82, 2.24) is 9.97 Å². The van der Waals surface area contributed by atoms with Crippen LogP contribution in [0.4, 0.5) is 4.39 Å². The average Bonchev–Trinajstić information content (AvgIpc) is 2.42. The number of rotatable bonds is 4. The third-order valence-corrected chi connectivity index (χ3v) is 2.69. The highest BCUT2D eigenvalue weighted by Crippen LogP contribution is 2.11. The van der Waals surface area contributed by atoms with E-state index in [0.717, 1.165) is 12.8 Å². The molecule has 4 heteroatoms. The van der Waals surface area contributed by atoms with Gasteiger partial charge in [0.25, 0.3) is 0 Å². The van der Waals surface area contributed by atoms with Crippen molar-refractivity contribution in [1.29, 1.82) is 5.26 Å². The van der Waals surface area contributed by atoms with E-state index in [9.17, 15) is 4.39 Å².